The summed E-state index contributed by atoms with van der Waals surface area (Å²) in [5.41, 5.74) is 5.89. The minimum Gasteiger partial charge on any atom is -0.406 e. The number of carbonyl (C=O) groups is 1. The van der Waals surface area contributed by atoms with E-state index in [-0.39, 0.29) is 11.7 Å². The molecule has 2 N–H and O–H groups in total. The van der Waals surface area contributed by atoms with E-state index in [0.29, 0.717) is 19.3 Å². The third-order valence-corrected chi connectivity index (χ3v) is 2.30. The van der Waals surface area contributed by atoms with Gasteiger partial charge in [-0.2, -0.15) is 0 Å². The second kappa shape index (κ2) is 6.28. The monoisotopic (exact) mass is 261 g/mol. The van der Waals surface area contributed by atoms with E-state index in [2.05, 4.69) is 4.74 Å². The normalized spacial score (nSPS) is 11.3. The fourth-order valence-electron chi connectivity index (χ4n) is 1.49. The van der Waals surface area contributed by atoms with Gasteiger partial charge in [-0.25, -0.2) is 0 Å². The number of unbranched alkanes of at least 4 members (excludes halogenated alkanes) is 1. The summed E-state index contributed by atoms with van der Waals surface area (Å²) >= 11 is 0. The molecule has 0 unspecified atom stereocenters. The van der Waals surface area contributed by atoms with Gasteiger partial charge in [0.05, 0.1) is 0 Å². The number of carbonyl (C=O) groups excluding carboxylic acids is 1. The van der Waals surface area contributed by atoms with Crippen molar-refractivity contribution >= 4 is 5.91 Å². The largest absolute Gasteiger partial charge is 0.573 e. The average molecular weight is 261 g/mol. The zero-order valence-electron chi connectivity index (χ0n) is 9.67. The van der Waals surface area contributed by atoms with Gasteiger partial charge in [0.25, 0.3) is 0 Å². The second-order valence-corrected chi connectivity index (χ2v) is 3.87. The highest BCUT2D eigenvalue weighted by molar-refractivity contribution is 5.73. The van der Waals surface area contributed by atoms with Crippen molar-refractivity contribution in [3.8, 4) is 5.75 Å². The van der Waals surface area contributed by atoms with Gasteiger partial charge in [0.15, 0.2) is 0 Å². The first-order valence-electron chi connectivity index (χ1n) is 5.50. The maximum absolute atomic E-state index is 11.9. The molecule has 3 nitrogen and oxygen atoms in total. The number of aryl methyl sites for hydroxylation is 1. The maximum Gasteiger partial charge on any atom is 0.573 e. The van der Waals surface area contributed by atoms with Gasteiger partial charge >= 0.3 is 6.36 Å². The molecule has 0 spiro atoms. The molecule has 1 aromatic carbocycles. The van der Waals surface area contributed by atoms with Crippen LogP contribution in [-0.2, 0) is 11.2 Å². The highest BCUT2D eigenvalue weighted by atomic mass is 19.4. The molecule has 0 aliphatic carbocycles. The van der Waals surface area contributed by atoms with Gasteiger partial charge in [-0.1, -0.05) is 12.1 Å². The van der Waals surface area contributed by atoms with Crippen LogP contribution in [0.5, 0.6) is 5.75 Å². The number of primary amides is 1. The highest BCUT2D eigenvalue weighted by Crippen LogP contribution is 2.23. The molecule has 1 rings (SSSR count). The van der Waals surface area contributed by atoms with E-state index in [1.165, 1.54) is 12.1 Å². The van der Waals surface area contributed by atoms with Gasteiger partial charge in [-0.15, -0.1) is 13.2 Å². The Morgan fingerprint density at radius 3 is 2.28 bits per heavy atom. The molecule has 0 saturated heterocycles. The number of benzene rings is 1. The summed E-state index contributed by atoms with van der Waals surface area (Å²) in [5.74, 6) is -0.577. The number of rotatable bonds is 6. The van der Waals surface area contributed by atoms with Crippen LogP contribution in [0.25, 0.3) is 0 Å². The van der Waals surface area contributed by atoms with E-state index in [1.54, 1.807) is 12.1 Å². The fraction of sp³-hybridized carbons (Fsp3) is 0.417. The number of hydrogen-bond acceptors (Lipinski definition) is 2. The van der Waals surface area contributed by atoms with Crippen LogP contribution in [0.2, 0.25) is 0 Å². The predicted octanol–water partition coefficient (Wildman–Crippen LogP) is 2.78. The molecular weight excluding hydrogens is 247 g/mol. The number of hydrogen-bond donors (Lipinski definition) is 1. The molecule has 0 heterocycles. The van der Waals surface area contributed by atoms with Crippen LogP contribution in [-0.4, -0.2) is 12.3 Å². The molecule has 100 valence electrons. The van der Waals surface area contributed by atoms with Gasteiger partial charge in [-0.3, -0.25) is 4.79 Å². The summed E-state index contributed by atoms with van der Waals surface area (Å²) in [5, 5.41) is 0. The van der Waals surface area contributed by atoms with E-state index in [1.807, 2.05) is 0 Å². The minimum atomic E-state index is -4.66. The zero-order valence-corrected chi connectivity index (χ0v) is 9.67. The topological polar surface area (TPSA) is 52.3 Å². The van der Waals surface area contributed by atoms with Crippen LogP contribution >= 0.6 is 0 Å². The van der Waals surface area contributed by atoms with E-state index in [0.717, 1.165) is 12.0 Å². The molecule has 0 radical (unpaired) electrons. The SMILES string of the molecule is NC(=O)CCCCc1ccc(OC(F)(F)F)cc1. The van der Waals surface area contributed by atoms with Crippen molar-refractivity contribution in [2.45, 2.75) is 32.0 Å². The highest BCUT2D eigenvalue weighted by Gasteiger charge is 2.30. The lowest BCUT2D eigenvalue weighted by atomic mass is 10.1. The summed E-state index contributed by atoms with van der Waals surface area (Å²) < 4.78 is 39.5. The van der Waals surface area contributed by atoms with Crippen molar-refractivity contribution in [3.63, 3.8) is 0 Å². The van der Waals surface area contributed by atoms with Crippen molar-refractivity contribution < 1.29 is 22.7 Å². The van der Waals surface area contributed by atoms with E-state index < -0.39 is 6.36 Å². The predicted molar refractivity (Wildman–Crippen MR) is 59.9 cm³/mol. The standard InChI is InChI=1S/C12H14F3NO2/c13-12(14,15)18-10-7-5-9(6-8-10)3-1-2-4-11(16)17/h5-8H,1-4H2,(H2,16,17). The van der Waals surface area contributed by atoms with Crippen LogP contribution in [0.15, 0.2) is 24.3 Å². The molecule has 1 aromatic rings. The van der Waals surface area contributed by atoms with Crippen molar-refractivity contribution in [3.05, 3.63) is 29.8 Å². The Bertz CT molecular complexity index is 387. The molecule has 0 saturated carbocycles. The Morgan fingerprint density at radius 2 is 1.78 bits per heavy atom. The van der Waals surface area contributed by atoms with Crippen LogP contribution in [0.4, 0.5) is 13.2 Å². The van der Waals surface area contributed by atoms with Crippen molar-refractivity contribution in [1.29, 1.82) is 0 Å². The minimum absolute atomic E-state index is 0.233. The van der Waals surface area contributed by atoms with E-state index in [9.17, 15) is 18.0 Å². The summed E-state index contributed by atoms with van der Waals surface area (Å²) in [7, 11) is 0. The van der Waals surface area contributed by atoms with Crippen LogP contribution in [0, 0.1) is 0 Å². The molecule has 1 amide bonds. The van der Waals surface area contributed by atoms with Crippen molar-refractivity contribution in [2.24, 2.45) is 5.73 Å². The first kappa shape index (κ1) is 14.3. The molecule has 0 aliphatic heterocycles. The first-order valence-corrected chi connectivity index (χ1v) is 5.50. The molecule has 0 fully saturated rings. The molecule has 0 bridgehead atoms. The Morgan fingerprint density at radius 1 is 1.17 bits per heavy atom. The molecule has 0 aliphatic rings. The van der Waals surface area contributed by atoms with Gasteiger partial charge in [0, 0.05) is 6.42 Å². The van der Waals surface area contributed by atoms with E-state index in [4.69, 9.17) is 5.73 Å². The molecule has 0 aromatic heterocycles. The Hall–Kier alpha value is -1.72. The lowest BCUT2D eigenvalue weighted by Gasteiger charge is -2.09. The summed E-state index contributed by atoms with van der Waals surface area (Å²) in [6, 6.07) is 5.70. The third kappa shape index (κ3) is 6.12. The first-order chi connectivity index (χ1) is 8.37. The number of ether oxygens (including phenoxy) is 1. The Kier molecular flexibility index (Phi) is 5.00. The maximum atomic E-state index is 11.9. The Labute approximate surface area is 103 Å². The third-order valence-electron chi connectivity index (χ3n) is 2.30. The quantitative estimate of drug-likeness (QED) is 0.800. The van der Waals surface area contributed by atoms with Crippen molar-refractivity contribution in [1.82, 2.24) is 0 Å². The number of halogens is 3. The summed E-state index contributed by atoms with van der Waals surface area (Å²) in [6.07, 6.45) is -2.20. The van der Waals surface area contributed by atoms with Crippen LogP contribution < -0.4 is 10.5 Å². The number of amides is 1. The van der Waals surface area contributed by atoms with Gasteiger partial charge in [0.1, 0.15) is 5.75 Å². The summed E-state index contributed by atoms with van der Waals surface area (Å²) in [4.78, 5) is 10.5. The fourth-order valence-corrected chi connectivity index (χ4v) is 1.49. The number of nitrogens with two attached hydrogens (primary N) is 1. The lowest BCUT2D eigenvalue weighted by Crippen LogP contribution is -2.17. The molecule has 18 heavy (non-hydrogen) atoms. The van der Waals surface area contributed by atoms with E-state index >= 15 is 0 Å². The summed E-state index contributed by atoms with van der Waals surface area (Å²) in [6.45, 7) is 0. The molecule has 6 heteroatoms. The van der Waals surface area contributed by atoms with Gasteiger partial charge in [0.2, 0.25) is 5.91 Å². The van der Waals surface area contributed by atoms with Crippen LogP contribution in [0.3, 0.4) is 0 Å². The second-order valence-electron chi connectivity index (χ2n) is 3.87. The van der Waals surface area contributed by atoms with Gasteiger partial charge in [-0.05, 0) is 37.0 Å². The average Bonchev–Trinajstić information content (AvgIpc) is 2.24. The number of alkyl halides is 3. The Balaban J connectivity index is 2.38. The molecular formula is C12H14F3NO2. The molecule has 0 atom stereocenters. The van der Waals surface area contributed by atoms with Gasteiger partial charge < -0.3 is 10.5 Å². The lowest BCUT2D eigenvalue weighted by molar-refractivity contribution is -0.274. The van der Waals surface area contributed by atoms with Crippen LogP contribution in [0.1, 0.15) is 24.8 Å². The smallest absolute Gasteiger partial charge is 0.406 e. The zero-order chi connectivity index (χ0) is 13.6. The van der Waals surface area contributed by atoms with Crippen molar-refractivity contribution in [2.75, 3.05) is 0 Å².